The Balaban J connectivity index is 1.52. The predicted molar refractivity (Wildman–Crippen MR) is 101 cm³/mol. The van der Waals surface area contributed by atoms with Crippen molar-refractivity contribution in [3.63, 3.8) is 0 Å². The van der Waals surface area contributed by atoms with Gasteiger partial charge in [0.25, 0.3) is 5.89 Å². The topological polar surface area (TPSA) is 62.5 Å². The number of carbonyl (C=O) groups is 1. The van der Waals surface area contributed by atoms with Gasteiger partial charge in [-0.1, -0.05) is 13.0 Å². The molecule has 3 atom stereocenters. The molecule has 0 radical (unpaired) electrons. The van der Waals surface area contributed by atoms with Gasteiger partial charge in [-0.25, -0.2) is 0 Å². The number of likely N-dealkylation sites (tertiary alicyclic amines) is 2. The van der Waals surface area contributed by atoms with E-state index in [-0.39, 0.29) is 11.9 Å². The maximum atomic E-state index is 12.3. The Labute approximate surface area is 158 Å². The molecule has 2 aromatic heterocycles. The average molecular weight is 375 g/mol. The predicted octanol–water partition coefficient (Wildman–Crippen LogP) is 3.72. The summed E-state index contributed by atoms with van der Waals surface area (Å²) in [6.45, 7) is 6.02. The second-order valence-electron chi connectivity index (χ2n) is 7.20. The molecule has 140 valence electrons. The molecule has 2 aliphatic heterocycles. The lowest BCUT2D eigenvalue weighted by molar-refractivity contribution is -0.132. The lowest BCUT2D eigenvalue weighted by atomic mass is 10.0. The van der Waals surface area contributed by atoms with Crippen LogP contribution in [0.3, 0.4) is 0 Å². The van der Waals surface area contributed by atoms with E-state index in [0.717, 1.165) is 43.6 Å². The van der Waals surface area contributed by atoms with E-state index in [0.29, 0.717) is 30.3 Å². The molecule has 0 aliphatic carbocycles. The van der Waals surface area contributed by atoms with E-state index in [2.05, 4.69) is 26.9 Å². The van der Waals surface area contributed by atoms with Crippen molar-refractivity contribution in [1.29, 1.82) is 0 Å². The normalized spacial score (nSPS) is 25.1. The summed E-state index contributed by atoms with van der Waals surface area (Å²) < 4.78 is 5.97. The molecule has 2 aliphatic rings. The Kier molecular flexibility index (Phi) is 5.09. The van der Waals surface area contributed by atoms with Crippen LogP contribution in [0.15, 0.2) is 21.9 Å². The van der Waals surface area contributed by atoms with Crippen LogP contribution in [0.1, 0.15) is 57.9 Å². The van der Waals surface area contributed by atoms with E-state index in [1.54, 1.807) is 11.3 Å². The first kappa shape index (κ1) is 17.7. The number of amides is 1. The first-order chi connectivity index (χ1) is 12.7. The number of hydrogen-bond donors (Lipinski definition) is 0. The van der Waals surface area contributed by atoms with Crippen molar-refractivity contribution in [2.24, 2.45) is 0 Å². The van der Waals surface area contributed by atoms with Crippen LogP contribution in [0.4, 0.5) is 0 Å². The van der Waals surface area contributed by atoms with E-state index in [1.807, 2.05) is 24.4 Å². The number of thiophene rings is 1. The lowest BCUT2D eigenvalue weighted by Crippen LogP contribution is -2.48. The highest BCUT2D eigenvalue weighted by Gasteiger charge is 2.41. The van der Waals surface area contributed by atoms with Crippen LogP contribution in [0.25, 0.3) is 10.8 Å². The lowest BCUT2D eigenvalue weighted by Gasteiger charge is -2.37. The zero-order valence-corrected chi connectivity index (χ0v) is 16.2. The van der Waals surface area contributed by atoms with Crippen molar-refractivity contribution in [2.75, 3.05) is 13.1 Å². The zero-order valence-electron chi connectivity index (χ0n) is 15.4. The molecular weight excluding hydrogens is 348 g/mol. The third kappa shape index (κ3) is 3.18. The fourth-order valence-electron chi connectivity index (χ4n) is 4.46. The van der Waals surface area contributed by atoms with Crippen molar-refractivity contribution in [3.05, 3.63) is 23.4 Å². The molecule has 4 heterocycles. The van der Waals surface area contributed by atoms with Crippen LogP contribution in [-0.4, -0.2) is 51.1 Å². The summed E-state index contributed by atoms with van der Waals surface area (Å²) in [5.74, 6) is 1.55. The van der Waals surface area contributed by atoms with Crippen molar-refractivity contribution < 1.29 is 9.21 Å². The Morgan fingerprint density at radius 3 is 2.88 bits per heavy atom. The van der Waals surface area contributed by atoms with Gasteiger partial charge in [0.2, 0.25) is 11.8 Å². The number of hydrogen-bond acceptors (Lipinski definition) is 6. The van der Waals surface area contributed by atoms with Crippen molar-refractivity contribution in [2.45, 2.75) is 64.1 Å². The summed E-state index contributed by atoms with van der Waals surface area (Å²) in [5, 5.41) is 10.6. The number of rotatable bonds is 5. The van der Waals surface area contributed by atoms with E-state index in [1.165, 1.54) is 0 Å². The number of carbonyl (C=O) groups excluding carboxylic acids is 1. The van der Waals surface area contributed by atoms with Gasteiger partial charge in [0.05, 0.1) is 10.9 Å². The monoisotopic (exact) mass is 374 g/mol. The van der Waals surface area contributed by atoms with E-state index >= 15 is 0 Å². The minimum absolute atomic E-state index is 0.0721. The van der Waals surface area contributed by atoms with Crippen LogP contribution < -0.4 is 0 Å². The second-order valence-corrected chi connectivity index (χ2v) is 8.14. The maximum absolute atomic E-state index is 12.3. The van der Waals surface area contributed by atoms with Crippen molar-refractivity contribution >= 4 is 17.2 Å². The molecule has 6 nitrogen and oxygen atoms in total. The fraction of sp³-hybridized carbons (Fsp3) is 0.632. The number of aromatic nitrogens is 2. The van der Waals surface area contributed by atoms with Crippen LogP contribution in [0, 0.1) is 0 Å². The van der Waals surface area contributed by atoms with Gasteiger partial charge >= 0.3 is 0 Å². The third-order valence-corrected chi connectivity index (χ3v) is 6.59. The summed E-state index contributed by atoms with van der Waals surface area (Å²) in [5.41, 5.74) is 0. The highest BCUT2D eigenvalue weighted by Crippen LogP contribution is 2.36. The van der Waals surface area contributed by atoms with Gasteiger partial charge in [-0.2, -0.15) is 0 Å². The van der Waals surface area contributed by atoms with Crippen LogP contribution in [0.5, 0.6) is 0 Å². The van der Waals surface area contributed by atoms with E-state index < -0.39 is 0 Å². The minimum Gasteiger partial charge on any atom is -0.418 e. The molecule has 4 rings (SSSR count). The molecule has 2 aromatic rings. The summed E-state index contributed by atoms with van der Waals surface area (Å²) in [6.07, 6.45) is 5.09. The molecular formula is C19H26N4O2S. The van der Waals surface area contributed by atoms with Crippen molar-refractivity contribution in [3.8, 4) is 10.8 Å². The van der Waals surface area contributed by atoms with E-state index in [4.69, 9.17) is 4.42 Å². The standard InChI is InChI=1S/C19H26N4O2S/c1-3-17(24)23-11-5-8-15(23)14-7-4-10-22(14)13(2)18-20-21-19(25-18)16-9-6-12-26-16/h6,9,12-15H,3-5,7-8,10-11H2,1-2H3/t13-,14-,15+/m0/s1. The zero-order chi connectivity index (χ0) is 18.1. The van der Waals surface area contributed by atoms with Gasteiger partial charge in [0, 0.05) is 25.0 Å². The Hall–Kier alpha value is -1.73. The quantitative estimate of drug-likeness (QED) is 0.798. The molecule has 7 heteroatoms. The highest BCUT2D eigenvalue weighted by molar-refractivity contribution is 7.13. The average Bonchev–Trinajstić information content (AvgIpc) is 3.45. The van der Waals surface area contributed by atoms with Crippen LogP contribution in [-0.2, 0) is 4.79 Å². The Morgan fingerprint density at radius 1 is 1.31 bits per heavy atom. The van der Waals surface area contributed by atoms with Gasteiger partial charge in [0.1, 0.15) is 0 Å². The van der Waals surface area contributed by atoms with Gasteiger partial charge < -0.3 is 9.32 Å². The smallest absolute Gasteiger partial charge is 0.257 e. The SMILES string of the molecule is CCC(=O)N1CCC[C@@H]1[C@@H]1CCCN1[C@@H](C)c1nnc(-c2cccs2)o1. The second kappa shape index (κ2) is 7.48. The molecule has 0 N–H and O–H groups in total. The van der Waals surface area contributed by atoms with Crippen LogP contribution >= 0.6 is 11.3 Å². The summed E-state index contributed by atoms with van der Waals surface area (Å²) in [7, 11) is 0. The van der Waals surface area contributed by atoms with Gasteiger partial charge in [-0.05, 0) is 50.6 Å². The summed E-state index contributed by atoms with van der Waals surface area (Å²) >= 11 is 1.61. The van der Waals surface area contributed by atoms with Crippen molar-refractivity contribution in [1.82, 2.24) is 20.0 Å². The molecule has 26 heavy (non-hydrogen) atoms. The first-order valence-electron chi connectivity index (χ1n) is 9.61. The molecule has 0 bridgehead atoms. The van der Waals surface area contributed by atoms with Gasteiger partial charge in [0.15, 0.2) is 0 Å². The molecule has 2 fully saturated rings. The Bertz CT molecular complexity index is 745. The largest absolute Gasteiger partial charge is 0.418 e. The van der Waals surface area contributed by atoms with Crippen LogP contribution in [0.2, 0.25) is 0 Å². The molecule has 0 saturated carbocycles. The molecule has 0 spiro atoms. The highest BCUT2D eigenvalue weighted by atomic mass is 32.1. The summed E-state index contributed by atoms with van der Waals surface area (Å²) in [4.78, 5) is 17.9. The number of nitrogens with zero attached hydrogens (tertiary/aromatic N) is 4. The summed E-state index contributed by atoms with van der Waals surface area (Å²) in [6, 6.07) is 4.77. The fourth-order valence-corrected chi connectivity index (χ4v) is 5.10. The molecule has 1 amide bonds. The van der Waals surface area contributed by atoms with Gasteiger partial charge in [-0.15, -0.1) is 21.5 Å². The maximum Gasteiger partial charge on any atom is 0.257 e. The Morgan fingerprint density at radius 2 is 2.12 bits per heavy atom. The first-order valence-corrected chi connectivity index (χ1v) is 10.5. The molecule has 2 saturated heterocycles. The third-order valence-electron chi connectivity index (χ3n) is 5.74. The van der Waals surface area contributed by atoms with Gasteiger partial charge in [-0.3, -0.25) is 9.69 Å². The minimum atomic E-state index is 0.0721. The molecule has 0 unspecified atom stereocenters. The molecule has 0 aromatic carbocycles. The van der Waals surface area contributed by atoms with E-state index in [9.17, 15) is 4.79 Å².